The number of carbonyl (C=O) groups excluding carboxylic acids is 1. The van der Waals surface area contributed by atoms with Crippen LogP contribution in [0.15, 0.2) is 0 Å². The number of carbonyl (C=O) groups is 1. The van der Waals surface area contributed by atoms with Gasteiger partial charge in [-0.15, -0.1) is 0 Å². The van der Waals surface area contributed by atoms with Crippen molar-refractivity contribution in [3.63, 3.8) is 0 Å². The largest absolute Gasteiger partial charge is 0.396 e. The van der Waals surface area contributed by atoms with Gasteiger partial charge in [0.05, 0.1) is 6.04 Å². The number of rotatable bonds is 7. The molecule has 4 heteroatoms. The minimum Gasteiger partial charge on any atom is -0.396 e. The van der Waals surface area contributed by atoms with E-state index in [0.29, 0.717) is 11.8 Å². The fourth-order valence-electron chi connectivity index (χ4n) is 2.57. The van der Waals surface area contributed by atoms with Gasteiger partial charge in [0, 0.05) is 12.1 Å². The molecule has 0 aromatic rings. The van der Waals surface area contributed by atoms with Gasteiger partial charge in [-0.2, -0.15) is 0 Å². The topological polar surface area (TPSA) is 61.4 Å². The van der Waals surface area contributed by atoms with Crippen molar-refractivity contribution in [2.24, 2.45) is 11.8 Å². The van der Waals surface area contributed by atoms with Crippen LogP contribution in [0.25, 0.3) is 0 Å². The monoisotopic (exact) mass is 270 g/mol. The van der Waals surface area contributed by atoms with E-state index in [1.54, 1.807) is 0 Å². The highest BCUT2D eigenvalue weighted by molar-refractivity contribution is 5.81. The molecule has 112 valence electrons. The van der Waals surface area contributed by atoms with Gasteiger partial charge in [0.2, 0.25) is 5.91 Å². The molecule has 0 bridgehead atoms. The van der Waals surface area contributed by atoms with Crippen LogP contribution in [0.5, 0.6) is 0 Å². The third kappa shape index (κ3) is 5.11. The summed E-state index contributed by atoms with van der Waals surface area (Å²) in [5.74, 6) is 0.986. The maximum absolute atomic E-state index is 12.1. The van der Waals surface area contributed by atoms with Crippen molar-refractivity contribution < 1.29 is 9.90 Å². The maximum atomic E-state index is 12.1. The number of aliphatic hydroxyl groups is 1. The van der Waals surface area contributed by atoms with Crippen LogP contribution in [0.4, 0.5) is 0 Å². The zero-order valence-electron chi connectivity index (χ0n) is 12.8. The second kappa shape index (κ2) is 7.25. The molecule has 0 spiro atoms. The number of amides is 1. The number of hydrogen-bond donors (Lipinski definition) is 3. The lowest BCUT2D eigenvalue weighted by Crippen LogP contribution is -2.51. The van der Waals surface area contributed by atoms with E-state index in [1.165, 1.54) is 6.42 Å². The summed E-state index contributed by atoms with van der Waals surface area (Å²) < 4.78 is 0. The van der Waals surface area contributed by atoms with Gasteiger partial charge in [-0.3, -0.25) is 4.79 Å². The molecular weight excluding hydrogens is 240 g/mol. The van der Waals surface area contributed by atoms with E-state index in [4.69, 9.17) is 0 Å². The molecule has 0 radical (unpaired) electrons. The van der Waals surface area contributed by atoms with E-state index >= 15 is 0 Å². The van der Waals surface area contributed by atoms with Gasteiger partial charge < -0.3 is 15.7 Å². The Morgan fingerprint density at radius 1 is 1.37 bits per heavy atom. The fraction of sp³-hybridized carbons (Fsp3) is 0.933. The zero-order valence-corrected chi connectivity index (χ0v) is 12.8. The van der Waals surface area contributed by atoms with E-state index < -0.39 is 0 Å². The summed E-state index contributed by atoms with van der Waals surface area (Å²) in [6, 6.07) is -0.175. The molecule has 0 aromatic carbocycles. The highest BCUT2D eigenvalue weighted by atomic mass is 16.3. The van der Waals surface area contributed by atoms with Gasteiger partial charge >= 0.3 is 0 Å². The molecule has 0 saturated heterocycles. The summed E-state index contributed by atoms with van der Waals surface area (Å²) in [6.07, 6.45) is 4.39. The standard InChI is InChI=1S/C15H30N2O2/c1-5-15(3,4)17-14(19)11(2)16-9-12-7-6-8-13(12)10-18/h11-13,16,18H,5-10H2,1-4H3,(H,17,19). The Morgan fingerprint density at radius 2 is 2.00 bits per heavy atom. The molecule has 19 heavy (non-hydrogen) atoms. The molecule has 1 amide bonds. The lowest BCUT2D eigenvalue weighted by atomic mass is 9.96. The second-order valence-corrected chi connectivity index (χ2v) is 6.49. The van der Waals surface area contributed by atoms with Crippen molar-refractivity contribution >= 4 is 5.91 Å². The Balaban J connectivity index is 2.34. The Bertz CT molecular complexity index is 292. The average Bonchev–Trinajstić information content (AvgIpc) is 2.82. The van der Waals surface area contributed by atoms with Crippen molar-refractivity contribution in [1.29, 1.82) is 0 Å². The SMILES string of the molecule is CCC(C)(C)NC(=O)C(C)NCC1CCCC1CO. The van der Waals surface area contributed by atoms with Crippen LogP contribution in [-0.4, -0.2) is 35.7 Å². The summed E-state index contributed by atoms with van der Waals surface area (Å²) in [5, 5.41) is 15.7. The third-order valence-corrected chi connectivity index (χ3v) is 4.48. The smallest absolute Gasteiger partial charge is 0.237 e. The molecule has 0 aliphatic heterocycles. The molecule has 1 fully saturated rings. The van der Waals surface area contributed by atoms with Gasteiger partial charge in [0.15, 0.2) is 0 Å². The first-order valence-corrected chi connectivity index (χ1v) is 7.56. The highest BCUT2D eigenvalue weighted by Gasteiger charge is 2.28. The second-order valence-electron chi connectivity index (χ2n) is 6.49. The Labute approximate surface area is 117 Å². The van der Waals surface area contributed by atoms with Crippen LogP contribution in [-0.2, 0) is 4.79 Å². The molecule has 3 unspecified atom stereocenters. The summed E-state index contributed by atoms with van der Waals surface area (Å²) in [5.41, 5.74) is -0.145. The average molecular weight is 270 g/mol. The van der Waals surface area contributed by atoms with Gasteiger partial charge in [0.1, 0.15) is 0 Å². The van der Waals surface area contributed by atoms with Gasteiger partial charge in [-0.25, -0.2) is 0 Å². The van der Waals surface area contributed by atoms with Crippen LogP contribution < -0.4 is 10.6 Å². The van der Waals surface area contributed by atoms with Crippen LogP contribution in [0, 0.1) is 11.8 Å². The lowest BCUT2D eigenvalue weighted by molar-refractivity contribution is -0.124. The quantitative estimate of drug-likeness (QED) is 0.659. The predicted molar refractivity (Wildman–Crippen MR) is 77.9 cm³/mol. The van der Waals surface area contributed by atoms with E-state index in [1.807, 2.05) is 20.8 Å². The van der Waals surface area contributed by atoms with Gasteiger partial charge in [-0.05, 0) is 58.4 Å². The minimum absolute atomic E-state index is 0.0606. The third-order valence-electron chi connectivity index (χ3n) is 4.48. The lowest BCUT2D eigenvalue weighted by Gasteiger charge is -2.27. The van der Waals surface area contributed by atoms with E-state index in [-0.39, 0.29) is 24.1 Å². The molecule has 1 aliphatic carbocycles. The molecule has 0 aromatic heterocycles. The number of hydrogen-bond acceptors (Lipinski definition) is 3. The maximum Gasteiger partial charge on any atom is 0.237 e. The van der Waals surface area contributed by atoms with E-state index in [2.05, 4.69) is 17.6 Å². The first-order valence-electron chi connectivity index (χ1n) is 7.56. The van der Waals surface area contributed by atoms with Gasteiger partial charge in [0.25, 0.3) is 0 Å². The fourth-order valence-corrected chi connectivity index (χ4v) is 2.57. The summed E-state index contributed by atoms with van der Waals surface area (Å²) in [4.78, 5) is 12.1. The van der Waals surface area contributed by atoms with Crippen LogP contribution in [0.2, 0.25) is 0 Å². The van der Waals surface area contributed by atoms with Crippen LogP contribution in [0.3, 0.4) is 0 Å². The Kier molecular flexibility index (Phi) is 6.27. The molecule has 4 nitrogen and oxygen atoms in total. The summed E-state index contributed by atoms with van der Waals surface area (Å²) in [6.45, 7) is 9.15. The Hall–Kier alpha value is -0.610. The van der Waals surface area contributed by atoms with Crippen molar-refractivity contribution in [2.45, 2.75) is 65.0 Å². The van der Waals surface area contributed by atoms with E-state index in [0.717, 1.165) is 25.8 Å². The van der Waals surface area contributed by atoms with Gasteiger partial charge in [-0.1, -0.05) is 13.3 Å². The number of aliphatic hydroxyl groups excluding tert-OH is 1. The summed E-state index contributed by atoms with van der Waals surface area (Å²) in [7, 11) is 0. The van der Waals surface area contributed by atoms with E-state index in [9.17, 15) is 9.90 Å². The molecule has 0 heterocycles. The molecular formula is C15H30N2O2. The molecule has 1 aliphatic rings. The first-order chi connectivity index (χ1) is 8.89. The van der Waals surface area contributed by atoms with Crippen molar-refractivity contribution in [2.75, 3.05) is 13.2 Å². The van der Waals surface area contributed by atoms with Crippen molar-refractivity contribution in [1.82, 2.24) is 10.6 Å². The normalized spacial score (nSPS) is 25.3. The molecule has 3 N–H and O–H groups in total. The minimum atomic E-state index is -0.175. The van der Waals surface area contributed by atoms with Crippen LogP contribution >= 0.6 is 0 Å². The van der Waals surface area contributed by atoms with Crippen LogP contribution in [0.1, 0.15) is 53.4 Å². The predicted octanol–water partition coefficient (Wildman–Crippen LogP) is 1.68. The van der Waals surface area contributed by atoms with Crippen molar-refractivity contribution in [3.05, 3.63) is 0 Å². The molecule has 1 saturated carbocycles. The molecule has 3 atom stereocenters. The summed E-state index contributed by atoms with van der Waals surface area (Å²) >= 11 is 0. The molecule has 1 rings (SSSR count). The van der Waals surface area contributed by atoms with Crippen molar-refractivity contribution in [3.8, 4) is 0 Å². The number of nitrogens with one attached hydrogen (secondary N) is 2. The Morgan fingerprint density at radius 3 is 2.58 bits per heavy atom. The first kappa shape index (κ1) is 16.4. The highest BCUT2D eigenvalue weighted by Crippen LogP contribution is 2.30. The zero-order chi connectivity index (χ0) is 14.5.